The van der Waals surface area contributed by atoms with Crippen molar-refractivity contribution in [1.82, 2.24) is 4.90 Å². The van der Waals surface area contributed by atoms with Gasteiger partial charge in [0.1, 0.15) is 11.7 Å². The Hall–Kier alpha value is -1.73. The van der Waals surface area contributed by atoms with Crippen molar-refractivity contribution in [3.05, 3.63) is 28.8 Å². The first kappa shape index (κ1) is 14.7. The summed E-state index contributed by atoms with van der Waals surface area (Å²) in [5, 5.41) is 9.73. The Labute approximate surface area is 123 Å². The molecule has 0 radical (unpaired) electrons. The van der Waals surface area contributed by atoms with E-state index in [1.165, 1.54) is 0 Å². The lowest BCUT2D eigenvalue weighted by molar-refractivity contribution is -0.132. The van der Waals surface area contributed by atoms with Crippen LogP contribution in [0, 0.1) is 17.2 Å². The molecule has 20 heavy (non-hydrogen) atoms. The van der Waals surface area contributed by atoms with Crippen LogP contribution in [0.2, 0.25) is 5.02 Å². The number of methoxy groups -OCH3 is 1. The zero-order valence-corrected chi connectivity index (χ0v) is 12.2. The number of rotatable bonds is 4. The number of ether oxygens (including phenoxy) is 1. The predicted molar refractivity (Wildman–Crippen MR) is 76.6 cm³/mol. The van der Waals surface area contributed by atoms with Crippen molar-refractivity contribution in [3.8, 4) is 11.8 Å². The molecule has 1 heterocycles. The van der Waals surface area contributed by atoms with Crippen LogP contribution in [-0.4, -0.2) is 31.0 Å². The maximum absolute atomic E-state index is 12.2. The molecular weight excluding hydrogens is 276 g/mol. The minimum Gasteiger partial charge on any atom is -0.495 e. The van der Waals surface area contributed by atoms with Gasteiger partial charge in [-0.1, -0.05) is 17.7 Å². The fourth-order valence-corrected chi connectivity index (χ4v) is 2.70. The van der Waals surface area contributed by atoms with Gasteiger partial charge in [0.2, 0.25) is 5.91 Å². The van der Waals surface area contributed by atoms with Gasteiger partial charge >= 0.3 is 0 Å². The summed E-state index contributed by atoms with van der Waals surface area (Å²) in [6, 6.07) is 7.46. The number of hydrogen-bond donors (Lipinski definition) is 0. The van der Waals surface area contributed by atoms with E-state index in [4.69, 9.17) is 16.3 Å². The molecule has 2 rings (SSSR count). The van der Waals surface area contributed by atoms with Crippen molar-refractivity contribution in [2.75, 3.05) is 20.2 Å². The molecule has 1 amide bonds. The van der Waals surface area contributed by atoms with Gasteiger partial charge in [-0.15, -0.1) is 0 Å². The number of halogens is 1. The molecule has 1 aromatic rings. The van der Waals surface area contributed by atoms with E-state index in [-0.39, 0.29) is 5.91 Å². The van der Waals surface area contributed by atoms with E-state index in [0.717, 1.165) is 31.5 Å². The second kappa shape index (κ2) is 6.62. The summed E-state index contributed by atoms with van der Waals surface area (Å²) < 4.78 is 5.09. The molecule has 0 bridgehead atoms. The Morgan fingerprint density at radius 1 is 1.50 bits per heavy atom. The van der Waals surface area contributed by atoms with E-state index < -0.39 is 5.92 Å². The van der Waals surface area contributed by atoms with E-state index in [9.17, 15) is 10.1 Å². The van der Waals surface area contributed by atoms with Crippen molar-refractivity contribution >= 4 is 17.5 Å². The summed E-state index contributed by atoms with van der Waals surface area (Å²) in [6.45, 7) is 1.53. The molecule has 106 valence electrons. The van der Waals surface area contributed by atoms with Crippen LogP contribution in [0.5, 0.6) is 5.75 Å². The van der Waals surface area contributed by atoms with Gasteiger partial charge < -0.3 is 9.64 Å². The number of carbonyl (C=O) groups is 1. The minimum absolute atomic E-state index is 0.0723. The fourth-order valence-electron chi connectivity index (χ4n) is 2.42. The lowest BCUT2D eigenvalue weighted by Crippen LogP contribution is -2.34. The van der Waals surface area contributed by atoms with Crippen LogP contribution in [-0.2, 0) is 11.2 Å². The Kier molecular flexibility index (Phi) is 4.86. The van der Waals surface area contributed by atoms with Gasteiger partial charge in [0, 0.05) is 13.1 Å². The smallest absolute Gasteiger partial charge is 0.240 e. The van der Waals surface area contributed by atoms with Crippen LogP contribution in [0.25, 0.3) is 0 Å². The van der Waals surface area contributed by atoms with E-state index in [0.29, 0.717) is 17.2 Å². The highest BCUT2D eigenvalue weighted by Gasteiger charge is 2.26. The van der Waals surface area contributed by atoms with Crippen LogP contribution in [0.4, 0.5) is 0 Å². The molecule has 1 fully saturated rings. The van der Waals surface area contributed by atoms with Gasteiger partial charge in [-0.2, -0.15) is 5.26 Å². The van der Waals surface area contributed by atoms with Gasteiger partial charge in [-0.25, -0.2) is 0 Å². The van der Waals surface area contributed by atoms with Crippen molar-refractivity contribution in [3.63, 3.8) is 0 Å². The molecule has 0 aliphatic carbocycles. The molecule has 1 unspecified atom stereocenters. The minimum atomic E-state index is -0.641. The largest absolute Gasteiger partial charge is 0.495 e. The lowest BCUT2D eigenvalue weighted by Gasteiger charge is -2.18. The van der Waals surface area contributed by atoms with Gasteiger partial charge in [0.15, 0.2) is 0 Å². The monoisotopic (exact) mass is 292 g/mol. The molecule has 0 saturated carbocycles. The summed E-state index contributed by atoms with van der Waals surface area (Å²) in [7, 11) is 1.55. The molecule has 1 saturated heterocycles. The second-order valence-corrected chi connectivity index (χ2v) is 5.29. The first-order valence-corrected chi connectivity index (χ1v) is 7.04. The summed E-state index contributed by atoms with van der Waals surface area (Å²) in [6.07, 6.45) is 2.44. The summed E-state index contributed by atoms with van der Waals surface area (Å²) in [5.74, 6) is -0.121. The number of amides is 1. The molecule has 0 spiro atoms. The average Bonchev–Trinajstić information content (AvgIpc) is 2.98. The van der Waals surface area contributed by atoms with E-state index in [1.807, 2.05) is 6.07 Å². The third-order valence-electron chi connectivity index (χ3n) is 3.53. The number of benzene rings is 1. The highest BCUT2D eigenvalue weighted by atomic mass is 35.5. The molecular formula is C15H17ClN2O2. The van der Waals surface area contributed by atoms with Crippen LogP contribution in [0.1, 0.15) is 18.4 Å². The summed E-state index contributed by atoms with van der Waals surface area (Å²) >= 11 is 6.06. The Morgan fingerprint density at radius 3 is 2.75 bits per heavy atom. The Balaban J connectivity index is 2.08. The fraction of sp³-hybridized carbons (Fsp3) is 0.467. The maximum Gasteiger partial charge on any atom is 0.240 e. The highest BCUT2D eigenvalue weighted by molar-refractivity contribution is 6.32. The number of carbonyl (C=O) groups excluding carboxylic acids is 1. The van der Waals surface area contributed by atoms with Gasteiger partial charge in [-0.05, 0) is 37.0 Å². The van der Waals surface area contributed by atoms with E-state index in [2.05, 4.69) is 6.07 Å². The first-order valence-electron chi connectivity index (χ1n) is 6.66. The molecule has 1 aromatic carbocycles. The summed E-state index contributed by atoms with van der Waals surface area (Å²) in [4.78, 5) is 14.0. The van der Waals surface area contributed by atoms with Crippen molar-refractivity contribution in [2.24, 2.45) is 5.92 Å². The predicted octanol–water partition coefficient (Wildman–Crippen LogP) is 2.65. The van der Waals surface area contributed by atoms with Crippen molar-refractivity contribution in [1.29, 1.82) is 5.26 Å². The molecule has 5 heteroatoms. The zero-order chi connectivity index (χ0) is 14.5. The maximum atomic E-state index is 12.2. The first-order chi connectivity index (χ1) is 9.65. The topological polar surface area (TPSA) is 53.3 Å². The highest BCUT2D eigenvalue weighted by Crippen LogP contribution is 2.26. The Morgan fingerprint density at radius 2 is 2.20 bits per heavy atom. The van der Waals surface area contributed by atoms with Gasteiger partial charge in [-0.3, -0.25) is 4.79 Å². The van der Waals surface area contributed by atoms with Crippen LogP contribution < -0.4 is 4.74 Å². The third-order valence-corrected chi connectivity index (χ3v) is 3.82. The molecule has 1 atom stereocenters. The van der Waals surface area contributed by atoms with Gasteiger partial charge in [0.25, 0.3) is 0 Å². The van der Waals surface area contributed by atoms with Crippen molar-refractivity contribution in [2.45, 2.75) is 19.3 Å². The van der Waals surface area contributed by atoms with Crippen molar-refractivity contribution < 1.29 is 9.53 Å². The second-order valence-electron chi connectivity index (χ2n) is 4.89. The normalized spacial score (nSPS) is 15.8. The quantitative estimate of drug-likeness (QED) is 0.857. The molecule has 4 nitrogen and oxygen atoms in total. The zero-order valence-electron chi connectivity index (χ0n) is 11.4. The molecule has 1 aliphatic rings. The number of likely N-dealkylation sites (tertiary alicyclic amines) is 1. The van der Waals surface area contributed by atoms with E-state index >= 15 is 0 Å². The molecule has 0 N–H and O–H groups in total. The number of nitriles is 1. The SMILES string of the molecule is COc1ccc(CC(C#N)C(=O)N2CCCC2)cc1Cl. The average molecular weight is 293 g/mol. The number of hydrogen-bond acceptors (Lipinski definition) is 3. The third kappa shape index (κ3) is 3.23. The Bertz CT molecular complexity index is 533. The summed E-state index contributed by atoms with van der Waals surface area (Å²) in [5.41, 5.74) is 0.870. The lowest BCUT2D eigenvalue weighted by atomic mass is 9.99. The standard InChI is InChI=1S/C15H17ClN2O2/c1-20-14-5-4-11(9-13(14)16)8-12(10-17)15(19)18-6-2-3-7-18/h4-5,9,12H,2-3,6-8H2,1H3. The number of nitrogens with zero attached hydrogens (tertiary/aromatic N) is 2. The van der Waals surface area contributed by atoms with E-state index in [1.54, 1.807) is 24.1 Å². The van der Waals surface area contributed by atoms with Gasteiger partial charge in [0.05, 0.1) is 18.2 Å². The molecule has 0 aromatic heterocycles. The van der Waals surface area contributed by atoms with Crippen LogP contribution in [0.15, 0.2) is 18.2 Å². The molecule has 1 aliphatic heterocycles. The van der Waals surface area contributed by atoms with Crippen LogP contribution >= 0.6 is 11.6 Å². The van der Waals surface area contributed by atoms with Crippen LogP contribution in [0.3, 0.4) is 0 Å².